The van der Waals surface area contributed by atoms with Gasteiger partial charge in [0.2, 0.25) is 6.93 Å². The van der Waals surface area contributed by atoms with Gasteiger partial charge in [-0.15, -0.1) is 0 Å². The van der Waals surface area contributed by atoms with E-state index < -0.39 is 29.5 Å². The number of alkyl halides is 2. The van der Waals surface area contributed by atoms with E-state index in [-0.39, 0.29) is 17.1 Å². The second kappa shape index (κ2) is 30.5. The maximum atomic E-state index is 14.7. The van der Waals surface area contributed by atoms with E-state index in [4.69, 9.17) is 23.2 Å². The van der Waals surface area contributed by atoms with Crippen molar-refractivity contribution in [2.75, 3.05) is 46.4 Å². The Bertz CT molecular complexity index is 1250. The molecule has 48 heavy (non-hydrogen) atoms. The van der Waals surface area contributed by atoms with Crippen LogP contribution < -0.4 is 10.6 Å². The first-order chi connectivity index (χ1) is 23.0. The van der Waals surface area contributed by atoms with Gasteiger partial charge in [0.05, 0.1) is 16.5 Å². The van der Waals surface area contributed by atoms with Crippen molar-refractivity contribution in [2.45, 2.75) is 78.3 Å². The van der Waals surface area contributed by atoms with Crippen LogP contribution in [0, 0.1) is 5.82 Å². The number of nitrogens with zero attached hydrogens (tertiary/aromatic N) is 2. The lowest BCUT2D eigenvalue weighted by Gasteiger charge is -2.27. The summed E-state index contributed by atoms with van der Waals surface area (Å²) in [7, 11) is 2.57. The van der Waals surface area contributed by atoms with Crippen molar-refractivity contribution in [3.8, 4) is 0 Å². The van der Waals surface area contributed by atoms with E-state index in [9.17, 15) is 27.0 Å². The number of halogens is 5. The normalized spacial score (nSPS) is 13.3. The molecule has 2 aromatic carbocycles. The van der Waals surface area contributed by atoms with Gasteiger partial charge in [-0.25, -0.2) is 13.2 Å². The molecule has 13 heteroatoms. The van der Waals surface area contributed by atoms with Crippen LogP contribution in [0.1, 0.15) is 81.8 Å². The number of benzene rings is 2. The van der Waals surface area contributed by atoms with Crippen molar-refractivity contribution in [1.82, 2.24) is 15.5 Å². The summed E-state index contributed by atoms with van der Waals surface area (Å²) in [5, 5.41) is 6.24. The number of allylic oxidation sites excluding steroid dienone is 2. The molecule has 1 heterocycles. The second-order valence-electron chi connectivity index (χ2n) is 10.1. The molecule has 7 nitrogen and oxygen atoms in total. The molecule has 0 radical (unpaired) electrons. The van der Waals surface area contributed by atoms with E-state index in [0.29, 0.717) is 45.6 Å². The largest absolute Gasteiger partial charge is 0.348 e. The number of aliphatic imine (C=N–C) groups is 1. The molecule has 1 amide bonds. The Morgan fingerprint density at radius 3 is 2.10 bits per heavy atom. The fourth-order valence-corrected chi connectivity index (χ4v) is 5.47. The average Bonchev–Trinajstić information content (AvgIpc) is 3.06. The predicted octanol–water partition coefficient (Wildman–Crippen LogP) is 8.53. The van der Waals surface area contributed by atoms with Crippen molar-refractivity contribution < 1.29 is 27.0 Å². The third kappa shape index (κ3) is 20.7. The number of rotatable bonds is 10. The molecule has 3 rings (SSSR count). The number of likely N-dealkylation sites (tertiary alicyclic amines) is 1. The highest BCUT2D eigenvalue weighted by Gasteiger charge is 2.19. The van der Waals surface area contributed by atoms with Gasteiger partial charge in [-0.2, -0.15) is 0 Å². The van der Waals surface area contributed by atoms with Crippen molar-refractivity contribution >= 4 is 51.9 Å². The van der Waals surface area contributed by atoms with Crippen molar-refractivity contribution in [2.24, 2.45) is 4.99 Å². The Labute approximate surface area is 298 Å². The van der Waals surface area contributed by atoms with Gasteiger partial charge in [-0.05, 0) is 95.8 Å². The predicted molar refractivity (Wildman–Crippen MR) is 197 cm³/mol. The number of hydrogen-bond donors (Lipinski definition) is 2. The van der Waals surface area contributed by atoms with Crippen LogP contribution in [-0.4, -0.2) is 73.4 Å². The molecule has 1 fully saturated rings. The van der Waals surface area contributed by atoms with E-state index in [2.05, 4.69) is 34.4 Å². The lowest BCUT2D eigenvalue weighted by molar-refractivity contribution is -0.102. The quantitative estimate of drug-likeness (QED) is 0.189. The highest BCUT2D eigenvalue weighted by atomic mass is 35.5. The average molecular weight is 738 g/mol. The van der Waals surface area contributed by atoms with Gasteiger partial charge >= 0.3 is 0 Å². The molecule has 2 N–H and O–H groups in total. The van der Waals surface area contributed by atoms with E-state index in [1.54, 1.807) is 30.4 Å². The summed E-state index contributed by atoms with van der Waals surface area (Å²) in [5.41, 5.74) is 1.76. The van der Waals surface area contributed by atoms with E-state index in [1.807, 2.05) is 34.9 Å². The first-order valence-corrected chi connectivity index (χ1v) is 18.0. The SMILES string of the molecule is C/C=C\C(C=O)=NCC.CCC.CCS(=O)c1ccc(Cl)cc1CNC(=O)c1cc(F)c(CN2CCCCC2)c(Cl)c1.CNC.FCF. The Morgan fingerprint density at radius 1 is 1.04 bits per heavy atom. The molecular formula is C35H53Cl2F3N4O3S. The molecule has 2 aromatic rings. The van der Waals surface area contributed by atoms with Gasteiger partial charge in [-0.1, -0.05) is 62.9 Å². The summed E-state index contributed by atoms with van der Waals surface area (Å²) in [4.78, 5) is 29.4. The van der Waals surface area contributed by atoms with Crippen LogP contribution in [0.2, 0.25) is 10.0 Å². The molecule has 0 saturated carbocycles. The minimum Gasteiger partial charge on any atom is -0.348 e. The van der Waals surface area contributed by atoms with Crippen LogP contribution in [-0.2, 0) is 28.7 Å². The Hall–Kier alpha value is -2.57. The molecule has 0 aromatic heterocycles. The Balaban J connectivity index is 0. The van der Waals surface area contributed by atoms with Gasteiger partial charge in [0.15, 0.2) is 6.29 Å². The highest BCUT2D eigenvalue weighted by molar-refractivity contribution is 7.85. The van der Waals surface area contributed by atoms with Crippen molar-refractivity contribution in [3.63, 3.8) is 0 Å². The van der Waals surface area contributed by atoms with Crippen LogP contribution in [0.25, 0.3) is 0 Å². The summed E-state index contributed by atoms with van der Waals surface area (Å²) in [6.07, 6.45) is 8.90. The zero-order valence-corrected chi connectivity index (χ0v) is 31.6. The zero-order chi connectivity index (χ0) is 36.9. The summed E-state index contributed by atoms with van der Waals surface area (Å²) in [5.74, 6) is -0.468. The molecule has 1 saturated heterocycles. The lowest BCUT2D eigenvalue weighted by atomic mass is 10.1. The van der Waals surface area contributed by atoms with E-state index in [0.717, 1.165) is 32.2 Å². The zero-order valence-electron chi connectivity index (χ0n) is 29.3. The number of carbonyl (C=O) groups excluding carboxylic acids is 2. The van der Waals surface area contributed by atoms with E-state index >= 15 is 0 Å². The number of piperidine rings is 1. The Kier molecular flexibility index (Phi) is 30.2. The smallest absolute Gasteiger partial charge is 0.251 e. The van der Waals surface area contributed by atoms with Crippen LogP contribution in [0.4, 0.5) is 13.2 Å². The third-order valence-corrected chi connectivity index (χ3v) is 7.99. The molecular weight excluding hydrogens is 684 g/mol. The first-order valence-electron chi connectivity index (χ1n) is 16.0. The maximum Gasteiger partial charge on any atom is 0.251 e. The lowest BCUT2D eigenvalue weighted by Crippen LogP contribution is -2.29. The van der Waals surface area contributed by atoms with Crippen molar-refractivity contribution in [3.05, 3.63) is 75.0 Å². The molecule has 1 aliphatic heterocycles. The number of carbonyl (C=O) groups is 2. The summed E-state index contributed by atoms with van der Waals surface area (Å²) in [6.45, 7) is 11.2. The number of nitrogens with one attached hydrogen (secondary N) is 2. The van der Waals surface area contributed by atoms with E-state index in [1.165, 1.54) is 25.0 Å². The fourth-order valence-electron chi connectivity index (χ4n) is 4.05. The molecule has 1 atom stereocenters. The molecule has 272 valence electrons. The second-order valence-corrected chi connectivity index (χ2v) is 12.7. The maximum absolute atomic E-state index is 14.7. The monoisotopic (exact) mass is 736 g/mol. The summed E-state index contributed by atoms with van der Waals surface area (Å²) < 4.78 is 46.2. The van der Waals surface area contributed by atoms with Crippen LogP contribution in [0.15, 0.2) is 52.4 Å². The molecule has 0 aliphatic carbocycles. The number of amides is 1. The number of aldehydes is 1. The van der Waals surface area contributed by atoms with Crippen LogP contribution >= 0.6 is 23.2 Å². The van der Waals surface area contributed by atoms with Gasteiger partial charge in [-0.3, -0.25) is 23.7 Å². The molecule has 0 spiro atoms. The third-order valence-electron chi connectivity index (χ3n) is 6.00. The topological polar surface area (TPSA) is 90.9 Å². The van der Waals surface area contributed by atoms with Crippen LogP contribution in [0.3, 0.4) is 0 Å². The standard InChI is InChI=1S/C22H25Cl2FN2O2S.C7H11NO.C3H8.C2H7N.CH2F2/c1-2-30(29)21-7-6-17(23)10-16(21)13-26-22(28)15-11-19(24)18(20(25)12-15)14-27-8-4-3-5-9-27;1-3-5-7(6-9)8-4-2;2*1-3-2;2-1-3/h6-7,10-12H,2-5,8-9,13-14H2,1H3,(H,26,28);3,5-6H,4H2,1-2H3;3H2,1-2H3;3H,1-2H3;1H2/b;5-3-,8-7?;;;. The van der Waals surface area contributed by atoms with Gasteiger partial charge in [0.1, 0.15) is 5.82 Å². The number of hydrogen-bond acceptors (Lipinski definition) is 6. The van der Waals surface area contributed by atoms with Crippen molar-refractivity contribution in [1.29, 1.82) is 0 Å². The van der Waals surface area contributed by atoms with Gasteiger partial charge in [0, 0.05) is 51.5 Å². The minimum absolute atomic E-state index is 0.134. The molecule has 1 aliphatic rings. The molecule has 1 unspecified atom stereocenters. The van der Waals surface area contributed by atoms with Gasteiger partial charge in [0.25, 0.3) is 5.91 Å². The highest BCUT2D eigenvalue weighted by Crippen LogP contribution is 2.25. The Morgan fingerprint density at radius 2 is 1.62 bits per heavy atom. The summed E-state index contributed by atoms with van der Waals surface area (Å²) >= 11 is 12.4. The minimum atomic E-state index is -1.75. The van der Waals surface area contributed by atoms with Gasteiger partial charge < -0.3 is 10.6 Å². The van der Waals surface area contributed by atoms with Crippen LogP contribution in [0.5, 0.6) is 0 Å². The fraction of sp³-hybridized carbons (Fsp3) is 0.514. The summed E-state index contributed by atoms with van der Waals surface area (Å²) in [6, 6.07) is 7.78. The molecule has 0 bridgehead atoms. The first kappa shape index (κ1) is 47.5.